The van der Waals surface area contributed by atoms with Crippen LogP contribution in [0.4, 0.5) is 0 Å². The number of benzene rings is 2. The molecule has 0 N–H and O–H groups in total. The number of carbonyl (C=O) groups is 1. The summed E-state index contributed by atoms with van der Waals surface area (Å²) in [6.07, 6.45) is 3.47. The summed E-state index contributed by atoms with van der Waals surface area (Å²) in [5.74, 6) is -0.0411. The smallest absolute Gasteiger partial charge is 0.160 e. The molecule has 0 fully saturated rings. The van der Waals surface area contributed by atoms with E-state index in [1.165, 1.54) is 0 Å². The van der Waals surface area contributed by atoms with Crippen LogP contribution in [0.15, 0.2) is 66.7 Å². The van der Waals surface area contributed by atoms with E-state index in [4.69, 9.17) is 4.74 Å². The van der Waals surface area contributed by atoms with Crippen LogP contribution in [0.25, 0.3) is 6.08 Å². The predicted molar refractivity (Wildman–Crippen MR) is 85.7 cm³/mol. The number of hydrogen-bond donors (Lipinski definition) is 0. The Morgan fingerprint density at radius 2 is 1.67 bits per heavy atom. The zero-order valence-electron chi connectivity index (χ0n) is 12.2. The molecule has 0 radical (unpaired) electrons. The van der Waals surface area contributed by atoms with Crippen LogP contribution in [0.3, 0.4) is 0 Å². The van der Waals surface area contributed by atoms with E-state index in [0.717, 1.165) is 11.1 Å². The van der Waals surface area contributed by atoms with Crippen molar-refractivity contribution < 1.29 is 9.53 Å². The van der Waals surface area contributed by atoms with Crippen LogP contribution < -0.4 is 0 Å². The molecule has 108 valence electrons. The van der Waals surface area contributed by atoms with Crippen LogP contribution in [0.5, 0.6) is 0 Å². The third-order valence-corrected chi connectivity index (χ3v) is 3.20. The number of ether oxygens (including phenoxy) is 1. The van der Waals surface area contributed by atoms with Crippen LogP contribution in [-0.4, -0.2) is 12.4 Å². The maximum atomic E-state index is 12.0. The maximum absolute atomic E-state index is 12.0. The lowest BCUT2D eigenvalue weighted by atomic mass is 10.1. The second-order valence-corrected chi connectivity index (χ2v) is 5.05. The summed E-state index contributed by atoms with van der Waals surface area (Å²) < 4.78 is 5.60. The highest BCUT2D eigenvalue weighted by atomic mass is 16.5. The first-order valence-electron chi connectivity index (χ1n) is 7.14. The fourth-order valence-electron chi connectivity index (χ4n) is 1.92. The van der Waals surface area contributed by atoms with Crippen LogP contribution in [0.1, 0.15) is 18.1 Å². The molecule has 0 heterocycles. The Morgan fingerprint density at radius 3 is 2.33 bits per heavy atom. The fourth-order valence-corrected chi connectivity index (χ4v) is 1.92. The van der Waals surface area contributed by atoms with Gasteiger partial charge in [0.05, 0.1) is 13.2 Å². The number of rotatable bonds is 7. The highest BCUT2D eigenvalue weighted by Gasteiger charge is 2.09. The van der Waals surface area contributed by atoms with Gasteiger partial charge in [-0.3, -0.25) is 4.79 Å². The zero-order chi connectivity index (χ0) is 14.9. The van der Waals surface area contributed by atoms with Gasteiger partial charge in [-0.25, -0.2) is 0 Å². The summed E-state index contributed by atoms with van der Waals surface area (Å²) in [4.78, 5) is 12.0. The molecule has 0 saturated carbocycles. The minimum absolute atomic E-state index is 0.0897. The molecule has 2 nitrogen and oxygen atoms in total. The zero-order valence-corrected chi connectivity index (χ0v) is 12.2. The predicted octanol–water partition coefficient (Wildman–Crippen LogP) is 4.12. The van der Waals surface area contributed by atoms with Crippen molar-refractivity contribution in [2.24, 2.45) is 5.92 Å². The van der Waals surface area contributed by atoms with Gasteiger partial charge in [0.2, 0.25) is 0 Å². The highest BCUT2D eigenvalue weighted by Crippen LogP contribution is 2.07. The van der Waals surface area contributed by atoms with Gasteiger partial charge in [0, 0.05) is 5.92 Å². The minimum atomic E-state index is -0.131. The first kappa shape index (κ1) is 15.2. The van der Waals surface area contributed by atoms with Crippen molar-refractivity contribution >= 4 is 11.9 Å². The van der Waals surface area contributed by atoms with Crippen LogP contribution in [-0.2, 0) is 16.1 Å². The van der Waals surface area contributed by atoms with E-state index in [1.54, 1.807) is 6.08 Å². The van der Waals surface area contributed by atoms with Gasteiger partial charge in [-0.1, -0.05) is 73.7 Å². The van der Waals surface area contributed by atoms with E-state index >= 15 is 0 Å². The van der Waals surface area contributed by atoms with Crippen molar-refractivity contribution in [2.75, 3.05) is 6.61 Å². The summed E-state index contributed by atoms with van der Waals surface area (Å²) >= 11 is 0. The van der Waals surface area contributed by atoms with Crippen molar-refractivity contribution in [3.05, 3.63) is 77.9 Å². The SMILES string of the molecule is CC(COCc1ccccc1)C(=O)/C=C/c1ccccc1. The maximum Gasteiger partial charge on any atom is 0.160 e. The molecule has 2 aromatic carbocycles. The second-order valence-electron chi connectivity index (χ2n) is 5.05. The van der Waals surface area contributed by atoms with Crippen LogP contribution in [0, 0.1) is 5.92 Å². The summed E-state index contributed by atoms with van der Waals surface area (Å²) in [7, 11) is 0. The number of hydrogen-bond acceptors (Lipinski definition) is 2. The van der Waals surface area contributed by atoms with Gasteiger partial charge >= 0.3 is 0 Å². The molecular formula is C19H20O2. The molecule has 0 bridgehead atoms. The van der Waals surface area contributed by atoms with Gasteiger partial charge in [-0.05, 0) is 17.2 Å². The first-order valence-corrected chi connectivity index (χ1v) is 7.14. The van der Waals surface area contributed by atoms with E-state index < -0.39 is 0 Å². The van der Waals surface area contributed by atoms with Gasteiger partial charge in [-0.15, -0.1) is 0 Å². The van der Waals surface area contributed by atoms with E-state index in [1.807, 2.05) is 73.7 Å². The Labute approximate surface area is 126 Å². The number of allylic oxidation sites excluding steroid dienone is 1. The second kappa shape index (κ2) is 8.18. The number of carbonyl (C=O) groups excluding carboxylic acids is 1. The van der Waals surface area contributed by atoms with Crippen molar-refractivity contribution in [1.29, 1.82) is 0 Å². The molecule has 0 aliphatic carbocycles. The Morgan fingerprint density at radius 1 is 1.05 bits per heavy atom. The highest BCUT2D eigenvalue weighted by molar-refractivity contribution is 5.95. The largest absolute Gasteiger partial charge is 0.376 e. The van der Waals surface area contributed by atoms with Gasteiger partial charge in [0.15, 0.2) is 5.78 Å². The molecule has 0 aliphatic heterocycles. The Bertz CT molecular complexity index is 573. The molecule has 0 spiro atoms. The van der Waals surface area contributed by atoms with Gasteiger partial charge in [-0.2, -0.15) is 0 Å². The molecule has 1 unspecified atom stereocenters. The molecule has 0 aliphatic rings. The van der Waals surface area contributed by atoms with Crippen molar-refractivity contribution in [3.63, 3.8) is 0 Å². The van der Waals surface area contributed by atoms with Crippen molar-refractivity contribution in [1.82, 2.24) is 0 Å². The van der Waals surface area contributed by atoms with Crippen molar-refractivity contribution in [2.45, 2.75) is 13.5 Å². The lowest BCUT2D eigenvalue weighted by Gasteiger charge is -2.09. The average Bonchev–Trinajstić information content (AvgIpc) is 2.54. The molecule has 21 heavy (non-hydrogen) atoms. The third kappa shape index (κ3) is 5.36. The molecule has 2 aromatic rings. The van der Waals surface area contributed by atoms with Crippen LogP contribution in [0.2, 0.25) is 0 Å². The average molecular weight is 280 g/mol. The Balaban J connectivity index is 1.76. The molecular weight excluding hydrogens is 260 g/mol. The normalized spacial score (nSPS) is 12.4. The Hall–Kier alpha value is -2.19. The van der Waals surface area contributed by atoms with E-state index in [-0.39, 0.29) is 11.7 Å². The first-order chi connectivity index (χ1) is 10.3. The molecule has 0 saturated heterocycles. The Kier molecular flexibility index (Phi) is 5.92. The molecule has 0 aromatic heterocycles. The molecule has 0 amide bonds. The quantitative estimate of drug-likeness (QED) is 0.713. The summed E-state index contributed by atoms with van der Waals surface area (Å²) in [5.41, 5.74) is 2.15. The van der Waals surface area contributed by atoms with Gasteiger partial charge in [0.1, 0.15) is 0 Å². The standard InChI is InChI=1S/C19H20O2/c1-16(14-21-15-18-10-6-3-7-11-18)19(20)13-12-17-8-4-2-5-9-17/h2-13,16H,14-15H2,1H3/b13-12+. The fraction of sp³-hybridized carbons (Fsp3) is 0.211. The minimum Gasteiger partial charge on any atom is -0.376 e. The summed E-state index contributed by atoms with van der Waals surface area (Å²) in [6, 6.07) is 19.8. The molecule has 2 heteroatoms. The van der Waals surface area contributed by atoms with E-state index in [0.29, 0.717) is 13.2 Å². The van der Waals surface area contributed by atoms with Crippen LogP contribution >= 0.6 is 0 Å². The lowest BCUT2D eigenvalue weighted by molar-refractivity contribution is -0.119. The topological polar surface area (TPSA) is 26.3 Å². The molecule has 1 atom stereocenters. The van der Waals surface area contributed by atoms with E-state index in [2.05, 4.69) is 0 Å². The third-order valence-electron chi connectivity index (χ3n) is 3.20. The monoisotopic (exact) mass is 280 g/mol. The summed E-state index contributed by atoms with van der Waals surface area (Å²) in [6.45, 7) is 2.87. The van der Waals surface area contributed by atoms with Gasteiger partial charge < -0.3 is 4.74 Å². The van der Waals surface area contributed by atoms with Crippen molar-refractivity contribution in [3.8, 4) is 0 Å². The lowest BCUT2D eigenvalue weighted by Crippen LogP contribution is -2.14. The number of ketones is 1. The van der Waals surface area contributed by atoms with Gasteiger partial charge in [0.25, 0.3) is 0 Å². The van der Waals surface area contributed by atoms with E-state index in [9.17, 15) is 4.79 Å². The summed E-state index contributed by atoms with van der Waals surface area (Å²) in [5, 5.41) is 0. The molecule has 2 rings (SSSR count).